The summed E-state index contributed by atoms with van der Waals surface area (Å²) in [7, 11) is 4.59. The van der Waals surface area contributed by atoms with Crippen molar-refractivity contribution >= 4 is 0 Å². The number of nitrogens with two attached hydrogens (primary N) is 1. The van der Waals surface area contributed by atoms with Crippen LogP contribution in [-0.2, 0) is 0 Å². The summed E-state index contributed by atoms with van der Waals surface area (Å²) in [6, 6.07) is 11.3. The molecule has 3 heterocycles. The van der Waals surface area contributed by atoms with Gasteiger partial charge in [0.1, 0.15) is 17.3 Å². The predicted molar refractivity (Wildman–Crippen MR) is 116 cm³/mol. The second kappa shape index (κ2) is 7.87. The van der Waals surface area contributed by atoms with Crippen molar-refractivity contribution in [1.82, 2.24) is 10.2 Å². The lowest BCUT2D eigenvalue weighted by atomic mass is 9.82. The topological polar surface area (TPSA) is 134 Å². The molecule has 0 saturated heterocycles. The summed E-state index contributed by atoms with van der Waals surface area (Å²) in [5.74, 6) is 2.33. The molecule has 33 heavy (non-hydrogen) atoms. The van der Waals surface area contributed by atoms with Gasteiger partial charge in [-0.05, 0) is 35.9 Å². The monoisotopic (exact) mass is 448 g/mol. The fourth-order valence-corrected chi connectivity index (χ4v) is 4.12. The summed E-state index contributed by atoms with van der Waals surface area (Å²) in [5.41, 5.74) is 9.03. The number of nitriles is 1. The highest BCUT2D eigenvalue weighted by Gasteiger charge is 2.37. The van der Waals surface area contributed by atoms with Crippen LogP contribution in [0.2, 0.25) is 0 Å². The molecular formula is C23H20N4O6. The van der Waals surface area contributed by atoms with Gasteiger partial charge in [0.25, 0.3) is 0 Å². The van der Waals surface area contributed by atoms with E-state index in [-0.39, 0.29) is 18.2 Å². The number of hydrogen-bond acceptors (Lipinski definition) is 9. The Hall–Kier alpha value is -4.52. The third-order valence-corrected chi connectivity index (χ3v) is 5.61. The predicted octanol–water partition coefficient (Wildman–Crippen LogP) is 3.05. The fourth-order valence-electron chi connectivity index (χ4n) is 4.12. The number of nitrogens with one attached hydrogen (secondary N) is 1. The van der Waals surface area contributed by atoms with Crippen molar-refractivity contribution in [3.63, 3.8) is 0 Å². The van der Waals surface area contributed by atoms with Gasteiger partial charge in [-0.3, -0.25) is 0 Å². The third kappa shape index (κ3) is 3.13. The van der Waals surface area contributed by atoms with Crippen LogP contribution in [0, 0.1) is 11.3 Å². The molecule has 1 atom stereocenters. The molecule has 2 aliphatic rings. The summed E-state index contributed by atoms with van der Waals surface area (Å²) < 4.78 is 33.1. The quantitative estimate of drug-likeness (QED) is 0.604. The Kier molecular flexibility index (Phi) is 4.86. The van der Waals surface area contributed by atoms with Crippen LogP contribution in [-0.4, -0.2) is 38.3 Å². The minimum absolute atomic E-state index is 0.00959. The van der Waals surface area contributed by atoms with E-state index in [0.717, 1.165) is 5.56 Å². The number of rotatable bonds is 5. The molecule has 0 fully saturated rings. The van der Waals surface area contributed by atoms with E-state index in [9.17, 15) is 5.26 Å². The maximum atomic E-state index is 9.98. The molecule has 1 unspecified atom stereocenters. The van der Waals surface area contributed by atoms with Gasteiger partial charge in [0.2, 0.25) is 24.3 Å². The zero-order chi connectivity index (χ0) is 23.1. The molecule has 0 amide bonds. The fraction of sp³-hybridized carbons (Fsp3) is 0.217. The number of fused-ring (bicyclic) bond motifs is 2. The number of benzene rings is 2. The number of nitrogens with zero attached hydrogens (tertiary/aromatic N) is 2. The Morgan fingerprint density at radius 3 is 2.45 bits per heavy atom. The van der Waals surface area contributed by atoms with E-state index in [0.29, 0.717) is 51.4 Å². The van der Waals surface area contributed by atoms with E-state index in [4.69, 9.17) is 34.2 Å². The van der Waals surface area contributed by atoms with E-state index in [1.54, 1.807) is 12.1 Å². The lowest BCUT2D eigenvalue weighted by Crippen LogP contribution is -2.21. The van der Waals surface area contributed by atoms with E-state index >= 15 is 0 Å². The van der Waals surface area contributed by atoms with E-state index in [1.807, 2.05) is 18.2 Å². The number of aromatic amines is 1. The number of ether oxygens (including phenoxy) is 6. The average molecular weight is 448 g/mol. The molecule has 0 aliphatic carbocycles. The molecular weight excluding hydrogens is 428 g/mol. The van der Waals surface area contributed by atoms with Crippen LogP contribution in [0.5, 0.6) is 34.6 Å². The molecule has 0 radical (unpaired) electrons. The second-order valence-corrected chi connectivity index (χ2v) is 7.27. The number of hydrogen-bond donors (Lipinski definition) is 2. The van der Waals surface area contributed by atoms with Crippen LogP contribution >= 0.6 is 0 Å². The summed E-state index contributed by atoms with van der Waals surface area (Å²) >= 11 is 0. The third-order valence-electron chi connectivity index (χ3n) is 5.61. The number of methoxy groups -OCH3 is 3. The highest BCUT2D eigenvalue weighted by molar-refractivity contribution is 5.73. The van der Waals surface area contributed by atoms with Crippen LogP contribution in [0.1, 0.15) is 17.0 Å². The van der Waals surface area contributed by atoms with Gasteiger partial charge in [-0.2, -0.15) is 10.4 Å². The highest BCUT2D eigenvalue weighted by atomic mass is 16.7. The first-order chi connectivity index (χ1) is 16.1. The number of H-pyrrole nitrogens is 1. The standard InChI is InChI=1S/C23H20N4O6/c1-28-16-7-12(8-17(29-2)21(16)30-3)18-13(9-24)22(25)33-23-19(18)20(26-27-23)11-4-5-14-15(6-11)32-10-31-14/h4-8,18H,10,25H2,1-3H3,(H,26,27). The van der Waals surface area contributed by atoms with Crippen LogP contribution in [0.3, 0.4) is 0 Å². The van der Waals surface area contributed by atoms with E-state index in [1.165, 1.54) is 21.3 Å². The zero-order valence-electron chi connectivity index (χ0n) is 18.1. The Morgan fingerprint density at radius 1 is 1.06 bits per heavy atom. The molecule has 3 aromatic rings. The summed E-state index contributed by atoms with van der Waals surface area (Å²) in [4.78, 5) is 0. The largest absolute Gasteiger partial charge is 0.493 e. The van der Waals surface area contributed by atoms with Gasteiger partial charge in [0.15, 0.2) is 23.0 Å². The molecule has 10 heteroatoms. The van der Waals surface area contributed by atoms with Crippen molar-refractivity contribution < 1.29 is 28.4 Å². The summed E-state index contributed by atoms with van der Waals surface area (Å²) in [5, 5.41) is 17.3. The maximum absolute atomic E-state index is 9.98. The van der Waals surface area contributed by atoms with Crippen LogP contribution in [0.4, 0.5) is 0 Å². The molecule has 168 valence electrons. The Balaban J connectivity index is 1.73. The van der Waals surface area contributed by atoms with Crippen molar-refractivity contribution in [2.75, 3.05) is 28.1 Å². The van der Waals surface area contributed by atoms with Crippen molar-refractivity contribution in [1.29, 1.82) is 5.26 Å². The smallest absolute Gasteiger partial charge is 0.231 e. The van der Waals surface area contributed by atoms with Gasteiger partial charge >= 0.3 is 0 Å². The molecule has 2 aromatic carbocycles. The first-order valence-corrected chi connectivity index (χ1v) is 9.95. The molecule has 0 saturated carbocycles. The number of allylic oxidation sites excluding steroid dienone is 1. The zero-order valence-corrected chi connectivity index (χ0v) is 18.1. The van der Waals surface area contributed by atoms with Crippen molar-refractivity contribution in [2.24, 2.45) is 5.73 Å². The maximum Gasteiger partial charge on any atom is 0.231 e. The highest BCUT2D eigenvalue weighted by Crippen LogP contribution is 2.49. The second-order valence-electron chi connectivity index (χ2n) is 7.27. The molecule has 2 aliphatic heterocycles. The van der Waals surface area contributed by atoms with E-state index < -0.39 is 5.92 Å². The van der Waals surface area contributed by atoms with Crippen LogP contribution in [0.15, 0.2) is 41.8 Å². The van der Waals surface area contributed by atoms with Gasteiger partial charge in [-0.1, -0.05) is 0 Å². The van der Waals surface area contributed by atoms with Crippen molar-refractivity contribution in [3.8, 4) is 52.0 Å². The van der Waals surface area contributed by atoms with Gasteiger partial charge in [0, 0.05) is 5.56 Å². The Bertz CT molecular complexity index is 1300. The Labute approximate surface area is 189 Å². The van der Waals surface area contributed by atoms with Crippen molar-refractivity contribution in [3.05, 3.63) is 52.9 Å². The van der Waals surface area contributed by atoms with Crippen molar-refractivity contribution in [2.45, 2.75) is 5.92 Å². The lowest BCUT2D eigenvalue weighted by molar-refractivity contribution is 0.174. The first-order valence-electron chi connectivity index (χ1n) is 9.95. The summed E-state index contributed by atoms with van der Waals surface area (Å²) in [6.45, 7) is 0.159. The molecule has 10 nitrogen and oxygen atoms in total. The minimum atomic E-state index is -0.605. The molecule has 1 aromatic heterocycles. The van der Waals surface area contributed by atoms with E-state index in [2.05, 4.69) is 16.3 Å². The van der Waals surface area contributed by atoms with Gasteiger partial charge < -0.3 is 34.2 Å². The SMILES string of the molecule is COc1cc(C2C(C#N)=C(N)Oc3[nH]nc(-c4ccc5c(c4)OCO5)c32)cc(OC)c1OC. The molecule has 0 bridgehead atoms. The lowest BCUT2D eigenvalue weighted by Gasteiger charge is -2.25. The number of aromatic nitrogens is 2. The van der Waals surface area contributed by atoms with Gasteiger partial charge in [-0.15, -0.1) is 0 Å². The molecule has 5 rings (SSSR count). The van der Waals surface area contributed by atoms with Gasteiger partial charge in [0.05, 0.1) is 32.8 Å². The normalized spacial score (nSPS) is 16.0. The van der Waals surface area contributed by atoms with Crippen LogP contribution < -0.4 is 34.2 Å². The Morgan fingerprint density at radius 2 is 1.79 bits per heavy atom. The minimum Gasteiger partial charge on any atom is -0.493 e. The molecule has 0 spiro atoms. The van der Waals surface area contributed by atoms with Crippen LogP contribution in [0.25, 0.3) is 11.3 Å². The first kappa shape index (κ1) is 20.4. The summed E-state index contributed by atoms with van der Waals surface area (Å²) in [6.07, 6.45) is 0. The van der Waals surface area contributed by atoms with Gasteiger partial charge in [-0.25, -0.2) is 5.10 Å². The molecule has 3 N–H and O–H groups in total. The average Bonchev–Trinajstić information content (AvgIpc) is 3.48.